The number of hydrogen-bond donors (Lipinski definition) is 1. The van der Waals surface area contributed by atoms with Crippen molar-refractivity contribution in [2.45, 2.75) is 17.7 Å². The first-order chi connectivity index (χ1) is 14.5. The lowest BCUT2D eigenvalue weighted by atomic mass is 10.1. The van der Waals surface area contributed by atoms with Gasteiger partial charge in [0.1, 0.15) is 9.77 Å². The molecule has 1 aromatic carbocycles. The Morgan fingerprint density at radius 1 is 1.10 bits per heavy atom. The minimum atomic E-state index is -3.75. The van der Waals surface area contributed by atoms with E-state index in [0.717, 1.165) is 35.7 Å². The molecule has 0 spiro atoms. The van der Waals surface area contributed by atoms with Crippen LogP contribution in [0.25, 0.3) is 0 Å². The molecule has 1 amide bonds. The van der Waals surface area contributed by atoms with Gasteiger partial charge in [-0.25, -0.2) is 13.2 Å². The zero-order valence-corrected chi connectivity index (χ0v) is 18.9. The summed E-state index contributed by atoms with van der Waals surface area (Å²) in [7, 11) is -3.75. The Morgan fingerprint density at radius 2 is 1.83 bits per heavy atom. The van der Waals surface area contributed by atoms with Crippen LogP contribution < -0.4 is 5.32 Å². The summed E-state index contributed by atoms with van der Waals surface area (Å²) in [6.07, 6.45) is 1.61. The third-order valence-corrected chi connectivity index (χ3v) is 8.45. The fraction of sp³-hybridized carbons (Fsp3) is 0.400. The third-order valence-electron chi connectivity index (χ3n) is 4.54. The first-order valence-corrected chi connectivity index (χ1v) is 13.1. The van der Waals surface area contributed by atoms with Gasteiger partial charge in [-0.2, -0.15) is 16.1 Å². The highest BCUT2D eigenvalue weighted by Gasteiger charge is 2.31. The molecule has 1 aromatic heterocycles. The summed E-state index contributed by atoms with van der Waals surface area (Å²) in [5.74, 6) is 0.251. The normalized spacial score (nSPS) is 14.9. The number of hydrogen-bond acceptors (Lipinski definition) is 7. The molecule has 1 N–H and O–H groups in total. The van der Waals surface area contributed by atoms with Crippen LogP contribution in [0.1, 0.15) is 21.7 Å². The summed E-state index contributed by atoms with van der Waals surface area (Å²) in [5, 5.41) is 4.26. The van der Waals surface area contributed by atoms with E-state index in [9.17, 15) is 18.0 Å². The van der Waals surface area contributed by atoms with Crippen LogP contribution in [-0.4, -0.2) is 62.3 Å². The van der Waals surface area contributed by atoms with Crippen molar-refractivity contribution in [3.8, 4) is 0 Å². The molecule has 2 aromatic rings. The Hall–Kier alpha value is -1.88. The lowest BCUT2D eigenvalue weighted by Gasteiger charge is -2.25. The molecule has 10 heteroatoms. The first kappa shape index (κ1) is 22.8. The Labute approximate surface area is 184 Å². The van der Waals surface area contributed by atoms with Crippen LogP contribution in [0, 0.1) is 0 Å². The summed E-state index contributed by atoms with van der Waals surface area (Å²) in [6.45, 7) is 0.865. The number of amides is 1. The summed E-state index contributed by atoms with van der Waals surface area (Å²) >= 11 is 2.70. The smallest absolute Gasteiger partial charge is 0.350 e. The summed E-state index contributed by atoms with van der Waals surface area (Å²) in [4.78, 5) is 24.3. The molecule has 1 saturated heterocycles. The van der Waals surface area contributed by atoms with Crippen molar-refractivity contribution < 1.29 is 22.7 Å². The minimum absolute atomic E-state index is 0.00473. The second kappa shape index (κ2) is 10.9. The van der Waals surface area contributed by atoms with Crippen molar-refractivity contribution in [1.29, 1.82) is 0 Å². The summed E-state index contributed by atoms with van der Waals surface area (Å²) < 4.78 is 32.1. The number of carbonyl (C=O) groups excluding carboxylic acids is 2. The topological polar surface area (TPSA) is 92.8 Å². The average molecular weight is 469 g/mol. The molecule has 0 atom stereocenters. The van der Waals surface area contributed by atoms with E-state index in [1.54, 1.807) is 17.1 Å². The monoisotopic (exact) mass is 468 g/mol. The lowest BCUT2D eigenvalue weighted by Crippen LogP contribution is -2.38. The fourth-order valence-electron chi connectivity index (χ4n) is 2.99. The molecule has 1 aliphatic heterocycles. The number of thiophene rings is 1. The predicted octanol–water partition coefficient (Wildman–Crippen LogP) is 2.39. The maximum atomic E-state index is 12.8. The van der Waals surface area contributed by atoms with Gasteiger partial charge in [-0.05, 0) is 29.9 Å². The molecule has 30 heavy (non-hydrogen) atoms. The molecule has 1 aliphatic rings. The van der Waals surface area contributed by atoms with E-state index in [-0.39, 0.29) is 9.77 Å². The number of thioether (sulfide) groups is 1. The number of sulfonamides is 1. The van der Waals surface area contributed by atoms with Gasteiger partial charge < -0.3 is 10.1 Å². The lowest BCUT2D eigenvalue weighted by molar-refractivity contribution is -0.124. The Bertz CT molecular complexity index is 954. The summed E-state index contributed by atoms with van der Waals surface area (Å²) in [5.41, 5.74) is 1.19. The molecular weight excluding hydrogens is 444 g/mol. The van der Waals surface area contributed by atoms with Crippen molar-refractivity contribution in [1.82, 2.24) is 9.62 Å². The van der Waals surface area contributed by atoms with Crippen molar-refractivity contribution in [2.75, 3.05) is 37.7 Å². The van der Waals surface area contributed by atoms with Crippen LogP contribution in [0.3, 0.4) is 0 Å². The van der Waals surface area contributed by atoms with E-state index in [4.69, 9.17) is 4.74 Å². The van der Waals surface area contributed by atoms with Crippen LogP contribution >= 0.6 is 23.1 Å². The highest BCUT2D eigenvalue weighted by Crippen LogP contribution is 2.27. The van der Waals surface area contributed by atoms with Crippen molar-refractivity contribution in [3.63, 3.8) is 0 Å². The van der Waals surface area contributed by atoms with E-state index in [2.05, 4.69) is 5.32 Å². The zero-order valence-electron chi connectivity index (χ0n) is 16.4. The van der Waals surface area contributed by atoms with Gasteiger partial charge in [-0.1, -0.05) is 30.3 Å². The van der Waals surface area contributed by atoms with Gasteiger partial charge >= 0.3 is 5.97 Å². The number of ether oxygens (including phenoxy) is 1. The molecular formula is C20H24N2O5S3. The van der Waals surface area contributed by atoms with E-state index in [1.165, 1.54) is 15.9 Å². The molecule has 1 fully saturated rings. The Morgan fingerprint density at radius 3 is 2.57 bits per heavy atom. The van der Waals surface area contributed by atoms with Gasteiger partial charge in [0.05, 0.1) is 0 Å². The maximum Gasteiger partial charge on any atom is 0.350 e. The predicted molar refractivity (Wildman–Crippen MR) is 118 cm³/mol. The number of nitrogens with zero attached hydrogens (tertiary/aromatic N) is 1. The third kappa shape index (κ3) is 6.07. The van der Waals surface area contributed by atoms with Gasteiger partial charge in [0.15, 0.2) is 6.61 Å². The van der Waals surface area contributed by atoms with Crippen molar-refractivity contribution in [2.24, 2.45) is 0 Å². The number of rotatable bonds is 9. The second-order valence-electron chi connectivity index (χ2n) is 6.65. The fourth-order valence-corrected chi connectivity index (χ4v) is 6.85. The van der Waals surface area contributed by atoms with Gasteiger partial charge in [0.2, 0.25) is 10.0 Å². The molecule has 0 bridgehead atoms. The first-order valence-electron chi connectivity index (χ1n) is 9.61. The number of benzene rings is 1. The standard InChI is InChI=1S/C20H24N2O5S3/c23-18(21-9-4-7-16-5-2-1-3-6-16)15-27-20(24)19-17(8-12-29-19)30(25,26)22-10-13-28-14-11-22/h1-3,5-6,8,12H,4,7,9-11,13-15H2,(H,21,23). The molecule has 0 aliphatic carbocycles. The van der Waals surface area contributed by atoms with E-state index < -0.39 is 28.5 Å². The van der Waals surface area contributed by atoms with Crippen LogP contribution in [0.4, 0.5) is 0 Å². The van der Waals surface area contributed by atoms with Gasteiger partial charge in [0, 0.05) is 31.1 Å². The van der Waals surface area contributed by atoms with E-state index in [1.807, 2.05) is 30.3 Å². The summed E-state index contributed by atoms with van der Waals surface area (Å²) in [6, 6.07) is 11.4. The van der Waals surface area contributed by atoms with E-state index in [0.29, 0.717) is 19.6 Å². The van der Waals surface area contributed by atoms with Gasteiger partial charge in [-0.15, -0.1) is 11.3 Å². The van der Waals surface area contributed by atoms with Crippen LogP contribution in [0.5, 0.6) is 0 Å². The van der Waals surface area contributed by atoms with Crippen LogP contribution in [-0.2, 0) is 26.0 Å². The number of esters is 1. The largest absolute Gasteiger partial charge is 0.451 e. The highest BCUT2D eigenvalue weighted by atomic mass is 32.2. The Balaban J connectivity index is 1.47. The molecule has 0 radical (unpaired) electrons. The van der Waals surface area contributed by atoms with Crippen molar-refractivity contribution in [3.05, 3.63) is 52.2 Å². The van der Waals surface area contributed by atoms with Crippen LogP contribution in [0.2, 0.25) is 0 Å². The number of carbonyl (C=O) groups is 2. The number of aryl methyl sites for hydroxylation is 1. The quantitative estimate of drug-likeness (QED) is 0.449. The molecule has 3 rings (SSSR count). The molecule has 162 valence electrons. The minimum Gasteiger partial charge on any atom is -0.451 e. The highest BCUT2D eigenvalue weighted by molar-refractivity contribution is 7.99. The molecule has 7 nitrogen and oxygen atoms in total. The van der Waals surface area contributed by atoms with Gasteiger partial charge in [0.25, 0.3) is 5.91 Å². The molecule has 2 heterocycles. The Kier molecular flexibility index (Phi) is 8.32. The second-order valence-corrected chi connectivity index (χ2v) is 10.7. The SMILES string of the molecule is O=C(COC(=O)c1sccc1S(=O)(=O)N1CCSCC1)NCCCc1ccccc1. The van der Waals surface area contributed by atoms with Crippen LogP contribution in [0.15, 0.2) is 46.7 Å². The maximum absolute atomic E-state index is 12.8. The van der Waals surface area contributed by atoms with Gasteiger partial charge in [-0.3, -0.25) is 4.79 Å². The van der Waals surface area contributed by atoms with E-state index >= 15 is 0 Å². The number of nitrogens with one attached hydrogen (secondary N) is 1. The molecule has 0 unspecified atom stereocenters. The molecule has 0 saturated carbocycles. The average Bonchev–Trinajstić information content (AvgIpc) is 3.27. The van der Waals surface area contributed by atoms with Crippen molar-refractivity contribution >= 4 is 45.0 Å². The zero-order chi connectivity index (χ0) is 21.4.